The van der Waals surface area contributed by atoms with Crippen LogP contribution in [-0.4, -0.2) is 12.1 Å². The van der Waals surface area contributed by atoms with Crippen LogP contribution in [0.15, 0.2) is 48.5 Å². The second-order valence-corrected chi connectivity index (χ2v) is 4.19. The number of aromatic nitrogens is 1. The number of hydrogen-bond donors (Lipinski definition) is 2. The van der Waals surface area contributed by atoms with Crippen molar-refractivity contribution in [3.05, 3.63) is 48.5 Å². The molecule has 0 amide bonds. The minimum atomic E-state index is 0.696. The number of methoxy groups -OCH3 is 1. The molecule has 0 radical (unpaired) electrons. The maximum atomic E-state index is 6.07. The van der Waals surface area contributed by atoms with Crippen molar-refractivity contribution in [2.24, 2.45) is 0 Å². The van der Waals surface area contributed by atoms with Gasteiger partial charge in [0.05, 0.1) is 7.11 Å². The fourth-order valence-electron chi connectivity index (χ4n) is 2.23. The molecule has 0 unspecified atom stereocenters. The van der Waals surface area contributed by atoms with Gasteiger partial charge >= 0.3 is 0 Å². The van der Waals surface area contributed by atoms with Crippen LogP contribution >= 0.6 is 0 Å². The Kier molecular flexibility index (Phi) is 2.45. The third-order valence-corrected chi connectivity index (χ3v) is 3.11. The molecular formula is C15H14N2O. The molecule has 0 aliphatic rings. The predicted octanol–water partition coefficient (Wildman–Crippen LogP) is 3.43. The minimum Gasteiger partial charge on any atom is -0.497 e. The number of nitrogens with two attached hydrogens (primary N) is 1. The zero-order chi connectivity index (χ0) is 12.5. The maximum absolute atomic E-state index is 6.07. The van der Waals surface area contributed by atoms with Crippen molar-refractivity contribution < 1.29 is 4.74 Å². The number of anilines is 1. The molecule has 3 heteroatoms. The van der Waals surface area contributed by atoms with E-state index in [4.69, 9.17) is 10.5 Å². The monoisotopic (exact) mass is 238 g/mol. The van der Waals surface area contributed by atoms with Gasteiger partial charge in [0, 0.05) is 16.5 Å². The average Bonchev–Trinajstić information content (AvgIpc) is 2.75. The van der Waals surface area contributed by atoms with Crippen molar-refractivity contribution in [2.75, 3.05) is 12.8 Å². The van der Waals surface area contributed by atoms with Gasteiger partial charge in [-0.2, -0.15) is 0 Å². The van der Waals surface area contributed by atoms with E-state index in [-0.39, 0.29) is 0 Å². The van der Waals surface area contributed by atoms with Crippen molar-refractivity contribution in [3.8, 4) is 16.9 Å². The van der Waals surface area contributed by atoms with Gasteiger partial charge < -0.3 is 15.5 Å². The van der Waals surface area contributed by atoms with Gasteiger partial charge in [-0.25, -0.2) is 0 Å². The van der Waals surface area contributed by atoms with Crippen molar-refractivity contribution in [2.45, 2.75) is 0 Å². The second-order valence-electron chi connectivity index (χ2n) is 4.19. The molecule has 1 heterocycles. The van der Waals surface area contributed by atoms with Crippen LogP contribution in [0.25, 0.3) is 22.0 Å². The Bertz CT molecular complexity index is 683. The van der Waals surface area contributed by atoms with Crippen LogP contribution in [0, 0.1) is 0 Å². The number of fused-ring (bicyclic) bond motifs is 1. The van der Waals surface area contributed by atoms with E-state index in [0.717, 1.165) is 27.8 Å². The van der Waals surface area contributed by atoms with Crippen LogP contribution in [0.4, 0.5) is 5.82 Å². The van der Waals surface area contributed by atoms with Crippen LogP contribution in [-0.2, 0) is 0 Å². The van der Waals surface area contributed by atoms with Gasteiger partial charge in [-0.1, -0.05) is 30.3 Å². The van der Waals surface area contributed by atoms with Crippen molar-refractivity contribution in [1.29, 1.82) is 0 Å². The zero-order valence-corrected chi connectivity index (χ0v) is 10.1. The Balaban J connectivity index is 2.20. The summed E-state index contributed by atoms with van der Waals surface area (Å²) in [4.78, 5) is 3.20. The number of nitrogen functional groups attached to an aromatic ring is 1. The Morgan fingerprint density at radius 2 is 1.72 bits per heavy atom. The lowest BCUT2D eigenvalue weighted by molar-refractivity contribution is 0.415. The van der Waals surface area contributed by atoms with Gasteiger partial charge in [0.1, 0.15) is 11.6 Å². The summed E-state index contributed by atoms with van der Waals surface area (Å²) in [5.41, 5.74) is 9.26. The van der Waals surface area contributed by atoms with Crippen LogP contribution in [0.3, 0.4) is 0 Å². The number of hydrogen-bond acceptors (Lipinski definition) is 2. The van der Waals surface area contributed by atoms with E-state index in [1.165, 1.54) is 0 Å². The lowest BCUT2D eigenvalue weighted by Gasteiger charge is -2.03. The molecule has 0 fully saturated rings. The Hall–Kier alpha value is -2.42. The highest BCUT2D eigenvalue weighted by molar-refractivity contribution is 6.01. The molecule has 3 rings (SSSR count). The highest BCUT2D eigenvalue weighted by Gasteiger charge is 2.10. The summed E-state index contributed by atoms with van der Waals surface area (Å²) in [5.74, 6) is 1.54. The number of rotatable bonds is 2. The van der Waals surface area contributed by atoms with Gasteiger partial charge in [-0.05, 0) is 23.8 Å². The van der Waals surface area contributed by atoms with E-state index in [9.17, 15) is 0 Å². The summed E-state index contributed by atoms with van der Waals surface area (Å²) in [7, 11) is 1.66. The van der Waals surface area contributed by atoms with E-state index in [1.54, 1.807) is 7.11 Å². The molecule has 2 aromatic carbocycles. The first-order chi connectivity index (χ1) is 8.79. The van der Waals surface area contributed by atoms with E-state index >= 15 is 0 Å². The summed E-state index contributed by atoms with van der Waals surface area (Å²) < 4.78 is 5.17. The first kappa shape index (κ1) is 10.7. The largest absolute Gasteiger partial charge is 0.497 e. The molecule has 1 aromatic heterocycles. The Labute approximate surface area is 105 Å². The number of para-hydroxylation sites is 1. The summed E-state index contributed by atoms with van der Waals surface area (Å²) in [6.45, 7) is 0. The van der Waals surface area contributed by atoms with Crippen LogP contribution in [0.2, 0.25) is 0 Å². The van der Waals surface area contributed by atoms with Crippen LogP contribution in [0.5, 0.6) is 5.75 Å². The summed E-state index contributed by atoms with van der Waals surface area (Å²) in [6, 6.07) is 16.0. The SMILES string of the molecule is COc1ccc(-c2c(N)[nH]c3ccccc23)cc1. The maximum Gasteiger partial charge on any atom is 0.118 e. The second kappa shape index (κ2) is 4.11. The van der Waals surface area contributed by atoms with Gasteiger partial charge in [0.15, 0.2) is 0 Å². The van der Waals surface area contributed by atoms with E-state index in [1.807, 2.05) is 42.5 Å². The van der Waals surface area contributed by atoms with E-state index in [0.29, 0.717) is 5.82 Å². The number of H-pyrrole nitrogens is 1. The third-order valence-electron chi connectivity index (χ3n) is 3.11. The number of nitrogens with one attached hydrogen (secondary N) is 1. The molecule has 90 valence electrons. The van der Waals surface area contributed by atoms with Gasteiger partial charge in [-0.3, -0.25) is 0 Å². The molecule has 0 bridgehead atoms. The molecule has 3 N–H and O–H groups in total. The van der Waals surface area contributed by atoms with E-state index in [2.05, 4.69) is 11.1 Å². The zero-order valence-electron chi connectivity index (χ0n) is 10.1. The molecule has 0 spiro atoms. The highest BCUT2D eigenvalue weighted by atomic mass is 16.5. The number of benzene rings is 2. The molecule has 0 atom stereocenters. The minimum absolute atomic E-state index is 0.696. The number of aromatic amines is 1. The first-order valence-electron chi connectivity index (χ1n) is 5.80. The quantitative estimate of drug-likeness (QED) is 0.718. The van der Waals surface area contributed by atoms with Crippen molar-refractivity contribution in [3.63, 3.8) is 0 Å². The lowest BCUT2D eigenvalue weighted by Crippen LogP contribution is -1.88. The standard InChI is InChI=1S/C15H14N2O/c1-18-11-8-6-10(7-9-11)14-12-4-2-3-5-13(12)17-15(14)16/h2-9,17H,16H2,1H3. The fourth-order valence-corrected chi connectivity index (χ4v) is 2.23. The smallest absolute Gasteiger partial charge is 0.118 e. The highest BCUT2D eigenvalue weighted by Crippen LogP contribution is 2.34. The molecule has 3 aromatic rings. The molecule has 0 aliphatic heterocycles. The normalized spacial score (nSPS) is 10.7. The average molecular weight is 238 g/mol. The van der Waals surface area contributed by atoms with Crippen LogP contribution in [0.1, 0.15) is 0 Å². The molecule has 3 nitrogen and oxygen atoms in total. The topological polar surface area (TPSA) is 51.0 Å². The lowest BCUT2D eigenvalue weighted by atomic mass is 10.0. The summed E-state index contributed by atoms with van der Waals surface area (Å²) in [6.07, 6.45) is 0. The molecule has 0 saturated carbocycles. The van der Waals surface area contributed by atoms with Gasteiger partial charge in [0.2, 0.25) is 0 Å². The van der Waals surface area contributed by atoms with Crippen molar-refractivity contribution >= 4 is 16.7 Å². The third kappa shape index (κ3) is 1.61. The summed E-state index contributed by atoms with van der Waals surface area (Å²) >= 11 is 0. The summed E-state index contributed by atoms with van der Waals surface area (Å²) in [5, 5.41) is 1.14. The van der Waals surface area contributed by atoms with Gasteiger partial charge in [0.25, 0.3) is 0 Å². The molecule has 0 aliphatic carbocycles. The molecule has 0 saturated heterocycles. The Morgan fingerprint density at radius 1 is 1.00 bits per heavy atom. The molecule has 18 heavy (non-hydrogen) atoms. The fraction of sp³-hybridized carbons (Fsp3) is 0.0667. The van der Waals surface area contributed by atoms with Gasteiger partial charge in [-0.15, -0.1) is 0 Å². The number of ether oxygens (including phenoxy) is 1. The molecular weight excluding hydrogens is 224 g/mol. The van der Waals surface area contributed by atoms with Crippen LogP contribution < -0.4 is 10.5 Å². The Morgan fingerprint density at radius 3 is 2.44 bits per heavy atom. The van der Waals surface area contributed by atoms with E-state index < -0.39 is 0 Å². The first-order valence-corrected chi connectivity index (χ1v) is 5.80. The predicted molar refractivity (Wildman–Crippen MR) is 74.7 cm³/mol. The van der Waals surface area contributed by atoms with Crippen molar-refractivity contribution in [1.82, 2.24) is 4.98 Å².